The van der Waals surface area contributed by atoms with E-state index in [-0.39, 0.29) is 0 Å². The summed E-state index contributed by atoms with van der Waals surface area (Å²) >= 11 is 6.34. The molecule has 1 aromatic heterocycles. The molecule has 0 unspecified atom stereocenters. The van der Waals surface area contributed by atoms with Crippen molar-refractivity contribution in [2.75, 3.05) is 64.3 Å². The van der Waals surface area contributed by atoms with Crippen LogP contribution in [0.25, 0.3) is 0 Å². The third-order valence-corrected chi connectivity index (χ3v) is 5.99. The van der Waals surface area contributed by atoms with E-state index in [9.17, 15) is 4.79 Å². The van der Waals surface area contributed by atoms with Crippen LogP contribution in [-0.2, 0) is 4.74 Å². The van der Waals surface area contributed by atoms with Crippen molar-refractivity contribution in [1.29, 1.82) is 0 Å². The van der Waals surface area contributed by atoms with Gasteiger partial charge in [-0.3, -0.25) is 10.2 Å². The maximum atomic E-state index is 12.6. The second kappa shape index (κ2) is 13.1. The Kier molecular flexibility index (Phi) is 9.33. The van der Waals surface area contributed by atoms with Gasteiger partial charge in [-0.15, -0.1) is 0 Å². The number of amides is 2. The van der Waals surface area contributed by atoms with E-state index < -0.39 is 6.03 Å². The molecule has 37 heavy (non-hydrogen) atoms. The Hall–Kier alpha value is -3.64. The predicted octanol–water partition coefficient (Wildman–Crippen LogP) is 3.03. The first-order chi connectivity index (χ1) is 18.0. The number of urea groups is 1. The lowest BCUT2D eigenvalue weighted by Crippen LogP contribution is -2.84. The minimum atomic E-state index is -0.419. The zero-order valence-electron chi connectivity index (χ0n) is 20.7. The summed E-state index contributed by atoms with van der Waals surface area (Å²) in [4.78, 5) is 23.3. The van der Waals surface area contributed by atoms with Crippen LogP contribution in [0.1, 0.15) is 0 Å². The molecule has 0 spiro atoms. The molecule has 1 fully saturated rings. The zero-order valence-corrected chi connectivity index (χ0v) is 21.5. The number of rotatable bonds is 10. The molecule has 12 heteroatoms. The Labute approximate surface area is 220 Å². The fraction of sp³-hybridized carbons (Fsp3) is 0.320. The molecular formula is C25H30ClN6O5+. The van der Waals surface area contributed by atoms with Crippen molar-refractivity contribution in [3.8, 4) is 17.2 Å². The topological polar surface area (TPSA) is 124 Å². The summed E-state index contributed by atoms with van der Waals surface area (Å²) in [6.45, 7) is 4.82. The second-order valence-electron chi connectivity index (χ2n) is 8.11. The van der Waals surface area contributed by atoms with Crippen LogP contribution in [0.15, 0.2) is 48.8 Å². The smallest absolute Gasteiger partial charge is 0.424 e. The van der Waals surface area contributed by atoms with Gasteiger partial charge in [-0.25, -0.2) is 20.1 Å². The number of primary amides is 1. The zero-order chi connectivity index (χ0) is 26.0. The van der Waals surface area contributed by atoms with Gasteiger partial charge in [0.25, 0.3) is 0 Å². The quantitative estimate of drug-likeness (QED) is 0.340. The van der Waals surface area contributed by atoms with Crippen LogP contribution in [0.3, 0.4) is 0 Å². The number of hydrogen-bond donors (Lipinski definition) is 3. The standard InChI is InChI=1S/C25H29ClN6O5/c1-34-19-13-20(24(26)21(14-19)35-2)30-25(33)31-23-15-22(27-16-28-23)29-17-4-3-5-18(12-17)37-11-8-32-6-9-36-10-7-32/h3-5,12-16H,6-11H2,1-2H3,(H3,27,28,29,30,31,33)/p+1. The summed E-state index contributed by atoms with van der Waals surface area (Å²) in [7, 11) is 3.02. The number of ether oxygens (including phenoxy) is 4. The first-order valence-corrected chi connectivity index (χ1v) is 12.1. The predicted molar refractivity (Wildman–Crippen MR) is 140 cm³/mol. The van der Waals surface area contributed by atoms with Gasteiger partial charge in [-0.2, -0.15) is 0 Å². The highest BCUT2D eigenvalue weighted by Gasteiger charge is 2.18. The largest absolute Gasteiger partial charge is 0.496 e. The summed E-state index contributed by atoms with van der Waals surface area (Å²) in [6.07, 6.45) is 1.36. The van der Waals surface area contributed by atoms with Gasteiger partial charge in [0, 0.05) is 49.6 Å². The van der Waals surface area contributed by atoms with Crippen molar-refractivity contribution >= 4 is 40.6 Å². The Morgan fingerprint density at radius 2 is 1.89 bits per heavy atom. The highest BCUT2D eigenvalue weighted by molar-refractivity contribution is 6.34. The Bertz CT molecular complexity index is 1210. The third kappa shape index (κ3) is 7.67. The van der Waals surface area contributed by atoms with E-state index in [0.29, 0.717) is 40.5 Å². The Morgan fingerprint density at radius 3 is 2.68 bits per heavy atom. The monoisotopic (exact) mass is 529 g/mol. The molecule has 1 aliphatic heterocycles. The molecule has 0 bridgehead atoms. The molecule has 0 radical (unpaired) electrons. The SMILES string of the molecule is COc1cc([NH2+]C(=O)Nc2cc(Nc3cccc(OCCN4CCOCC4)c3)ncn2)c(Cl)c(OC)c1. The van der Waals surface area contributed by atoms with Gasteiger partial charge in [0.2, 0.25) is 0 Å². The molecule has 4 rings (SSSR count). The highest BCUT2D eigenvalue weighted by Crippen LogP contribution is 2.34. The lowest BCUT2D eigenvalue weighted by atomic mass is 10.2. The van der Waals surface area contributed by atoms with Crippen LogP contribution in [0, 0.1) is 0 Å². The number of benzene rings is 2. The summed E-state index contributed by atoms with van der Waals surface area (Å²) in [6, 6.07) is 12.1. The lowest BCUT2D eigenvalue weighted by Gasteiger charge is -2.26. The normalized spacial score (nSPS) is 13.6. The van der Waals surface area contributed by atoms with Gasteiger partial charge in [-0.1, -0.05) is 17.7 Å². The van der Waals surface area contributed by atoms with Crippen LogP contribution in [0.2, 0.25) is 5.02 Å². The molecular weight excluding hydrogens is 500 g/mol. The Morgan fingerprint density at radius 1 is 1.08 bits per heavy atom. The number of methoxy groups -OCH3 is 2. The number of nitrogens with zero attached hydrogens (tertiary/aromatic N) is 3. The molecule has 0 saturated carbocycles. The van der Waals surface area contributed by atoms with E-state index in [2.05, 4.69) is 25.5 Å². The number of carbonyl (C=O) groups is 1. The van der Waals surface area contributed by atoms with E-state index in [1.807, 2.05) is 24.3 Å². The van der Waals surface area contributed by atoms with Gasteiger partial charge in [0.05, 0.1) is 27.4 Å². The molecule has 196 valence electrons. The van der Waals surface area contributed by atoms with E-state index >= 15 is 0 Å². The number of anilines is 3. The lowest BCUT2D eigenvalue weighted by molar-refractivity contribution is -0.459. The minimum Gasteiger partial charge on any atom is -0.496 e. The number of morpholine rings is 1. The van der Waals surface area contributed by atoms with Crippen LogP contribution in [0.5, 0.6) is 17.2 Å². The number of nitrogens with one attached hydrogen (secondary N) is 2. The molecule has 2 heterocycles. The molecule has 0 aliphatic carbocycles. The summed E-state index contributed by atoms with van der Waals surface area (Å²) < 4.78 is 21.8. The second-order valence-corrected chi connectivity index (χ2v) is 8.49. The number of quaternary nitrogens is 1. The average Bonchev–Trinajstić information content (AvgIpc) is 2.91. The molecule has 3 aromatic rings. The first-order valence-electron chi connectivity index (χ1n) is 11.7. The van der Waals surface area contributed by atoms with E-state index in [1.54, 1.807) is 18.2 Å². The van der Waals surface area contributed by atoms with Crippen LogP contribution in [-0.4, -0.2) is 74.6 Å². The summed E-state index contributed by atoms with van der Waals surface area (Å²) in [5.41, 5.74) is 1.25. The number of hydrogen-bond acceptors (Lipinski definition) is 9. The summed E-state index contributed by atoms with van der Waals surface area (Å²) in [5.74, 6) is 2.50. The molecule has 1 aliphatic rings. The third-order valence-electron chi connectivity index (χ3n) is 5.59. The molecule has 11 nitrogen and oxygen atoms in total. The molecule has 2 amide bonds. The van der Waals surface area contributed by atoms with E-state index in [0.717, 1.165) is 44.3 Å². The van der Waals surface area contributed by atoms with E-state index in [4.69, 9.17) is 30.5 Å². The van der Waals surface area contributed by atoms with Gasteiger partial charge >= 0.3 is 6.03 Å². The van der Waals surface area contributed by atoms with Gasteiger partial charge < -0.3 is 24.3 Å². The van der Waals surface area contributed by atoms with Crippen molar-refractivity contribution in [3.63, 3.8) is 0 Å². The average molecular weight is 530 g/mol. The van der Waals surface area contributed by atoms with Crippen molar-refractivity contribution < 1.29 is 29.1 Å². The fourth-order valence-corrected chi connectivity index (χ4v) is 3.93. The number of nitrogens with two attached hydrogens (primary N) is 1. The van der Waals surface area contributed by atoms with Gasteiger partial charge in [-0.05, 0) is 12.1 Å². The highest BCUT2D eigenvalue weighted by atomic mass is 35.5. The maximum absolute atomic E-state index is 12.6. The summed E-state index contributed by atoms with van der Waals surface area (Å²) in [5, 5.41) is 7.59. The minimum absolute atomic E-state index is 0.301. The van der Waals surface area contributed by atoms with Crippen molar-refractivity contribution in [2.45, 2.75) is 0 Å². The molecule has 0 atom stereocenters. The van der Waals surface area contributed by atoms with Crippen LogP contribution < -0.4 is 30.2 Å². The Balaban J connectivity index is 1.34. The van der Waals surface area contributed by atoms with Crippen molar-refractivity contribution in [3.05, 3.63) is 53.8 Å². The number of aromatic nitrogens is 2. The van der Waals surface area contributed by atoms with Crippen molar-refractivity contribution in [2.24, 2.45) is 0 Å². The van der Waals surface area contributed by atoms with Crippen LogP contribution >= 0.6 is 11.6 Å². The van der Waals surface area contributed by atoms with Crippen molar-refractivity contribution in [1.82, 2.24) is 14.9 Å². The van der Waals surface area contributed by atoms with E-state index in [1.165, 1.54) is 25.9 Å². The maximum Gasteiger partial charge on any atom is 0.424 e. The van der Waals surface area contributed by atoms with Gasteiger partial charge in [0.1, 0.15) is 46.8 Å². The fourth-order valence-electron chi connectivity index (χ4n) is 3.69. The van der Waals surface area contributed by atoms with Crippen LogP contribution in [0.4, 0.5) is 27.8 Å². The molecule has 2 aromatic carbocycles. The molecule has 1 saturated heterocycles. The number of halogens is 1. The number of carbonyl (C=O) groups excluding carboxylic acids is 1. The first kappa shape index (κ1) is 26.4. The molecule has 4 N–H and O–H groups in total. The van der Waals surface area contributed by atoms with Gasteiger partial charge in [0.15, 0.2) is 5.69 Å².